The van der Waals surface area contributed by atoms with Crippen LogP contribution in [0.2, 0.25) is 0 Å². The third-order valence-electron chi connectivity index (χ3n) is 5.12. The van der Waals surface area contributed by atoms with Crippen molar-refractivity contribution in [3.05, 3.63) is 65.7 Å². The van der Waals surface area contributed by atoms with Crippen LogP contribution in [0.5, 0.6) is 0 Å². The largest absolute Gasteiger partial charge is 0.343 e. The van der Waals surface area contributed by atoms with Crippen molar-refractivity contribution in [3.8, 4) is 0 Å². The molecule has 1 spiro atoms. The minimum Gasteiger partial charge on any atom is -0.343 e. The van der Waals surface area contributed by atoms with E-state index in [1.165, 1.54) is 22.6 Å². The summed E-state index contributed by atoms with van der Waals surface area (Å²) in [6.45, 7) is 2.91. The van der Waals surface area contributed by atoms with Crippen LogP contribution in [0, 0.1) is 5.41 Å². The molecule has 0 bridgehead atoms. The Morgan fingerprint density at radius 2 is 1.65 bits per heavy atom. The van der Waals surface area contributed by atoms with Crippen LogP contribution < -0.4 is 10.6 Å². The van der Waals surface area contributed by atoms with Gasteiger partial charge in [-0.3, -0.25) is 4.99 Å². The molecule has 2 heterocycles. The van der Waals surface area contributed by atoms with Crippen molar-refractivity contribution in [2.45, 2.75) is 25.8 Å². The number of nitrogens with zero attached hydrogens (tertiary/aromatic N) is 1. The lowest BCUT2D eigenvalue weighted by Gasteiger charge is -2.42. The molecule has 0 unspecified atom stereocenters. The van der Waals surface area contributed by atoms with E-state index in [0.717, 1.165) is 38.9 Å². The molecule has 2 aliphatic rings. The third-order valence-corrected chi connectivity index (χ3v) is 5.12. The predicted octanol–water partition coefficient (Wildman–Crippen LogP) is 3.62. The van der Waals surface area contributed by atoms with Crippen molar-refractivity contribution in [1.82, 2.24) is 5.32 Å². The van der Waals surface area contributed by atoms with Crippen molar-refractivity contribution < 1.29 is 0 Å². The van der Waals surface area contributed by atoms with Gasteiger partial charge >= 0.3 is 0 Å². The van der Waals surface area contributed by atoms with E-state index >= 15 is 0 Å². The van der Waals surface area contributed by atoms with E-state index in [2.05, 4.69) is 65.2 Å². The number of anilines is 1. The van der Waals surface area contributed by atoms with Crippen LogP contribution in [0.15, 0.2) is 59.6 Å². The zero-order chi connectivity index (χ0) is 15.5. The molecule has 3 nitrogen and oxygen atoms in total. The number of benzene rings is 2. The Kier molecular flexibility index (Phi) is 3.88. The van der Waals surface area contributed by atoms with Gasteiger partial charge in [-0.1, -0.05) is 48.5 Å². The van der Waals surface area contributed by atoms with Gasteiger partial charge in [-0.05, 0) is 49.5 Å². The van der Waals surface area contributed by atoms with Gasteiger partial charge in [-0.15, -0.1) is 0 Å². The summed E-state index contributed by atoms with van der Waals surface area (Å²) in [7, 11) is 0. The molecule has 4 rings (SSSR count). The molecule has 23 heavy (non-hydrogen) atoms. The van der Waals surface area contributed by atoms with Crippen LogP contribution in [-0.2, 0) is 13.0 Å². The fourth-order valence-electron chi connectivity index (χ4n) is 3.78. The minimum absolute atomic E-state index is 0.175. The van der Waals surface area contributed by atoms with Crippen LogP contribution >= 0.6 is 0 Å². The first kappa shape index (κ1) is 14.5. The second kappa shape index (κ2) is 6.17. The maximum atomic E-state index is 5.01. The summed E-state index contributed by atoms with van der Waals surface area (Å²) in [5, 5.41) is 7.14. The molecule has 2 aromatic carbocycles. The molecule has 3 heteroatoms. The Morgan fingerprint density at radius 3 is 2.48 bits per heavy atom. The van der Waals surface area contributed by atoms with Gasteiger partial charge in [-0.2, -0.15) is 0 Å². The topological polar surface area (TPSA) is 36.4 Å². The Hall–Kier alpha value is -2.13. The molecule has 2 N–H and O–H groups in total. The number of amidine groups is 1. The van der Waals surface area contributed by atoms with E-state index in [-0.39, 0.29) is 5.41 Å². The highest BCUT2D eigenvalue weighted by Crippen LogP contribution is 2.40. The maximum Gasteiger partial charge on any atom is 0.108 e. The van der Waals surface area contributed by atoms with E-state index in [4.69, 9.17) is 4.99 Å². The summed E-state index contributed by atoms with van der Waals surface area (Å²) in [4.78, 5) is 5.01. The smallest absolute Gasteiger partial charge is 0.108 e. The van der Waals surface area contributed by atoms with Gasteiger partial charge in [0.15, 0.2) is 0 Å². The number of aliphatic imine (C=N–C) groups is 1. The third kappa shape index (κ3) is 2.89. The molecule has 0 amide bonds. The average Bonchev–Trinajstić information content (AvgIpc) is 2.61. The van der Waals surface area contributed by atoms with Crippen LogP contribution in [0.3, 0.4) is 0 Å². The first-order chi connectivity index (χ1) is 11.4. The van der Waals surface area contributed by atoms with Crippen molar-refractivity contribution in [2.24, 2.45) is 10.4 Å². The summed E-state index contributed by atoms with van der Waals surface area (Å²) in [5.74, 6) is 1.18. The van der Waals surface area contributed by atoms with Crippen LogP contribution in [-0.4, -0.2) is 18.9 Å². The SMILES string of the molecule is c1ccc(CN=C2Nc3ccccc3CC23CCNCC3)cc1. The van der Waals surface area contributed by atoms with Gasteiger partial charge in [0.05, 0.1) is 6.54 Å². The number of hydrogen-bond acceptors (Lipinski definition) is 2. The summed E-state index contributed by atoms with van der Waals surface area (Å²) in [6.07, 6.45) is 3.41. The van der Waals surface area contributed by atoms with E-state index in [9.17, 15) is 0 Å². The Morgan fingerprint density at radius 1 is 0.913 bits per heavy atom. The monoisotopic (exact) mass is 305 g/mol. The number of fused-ring (bicyclic) bond motifs is 1. The second-order valence-electron chi connectivity index (χ2n) is 6.64. The molecule has 1 saturated heterocycles. The van der Waals surface area contributed by atoms with Crippen molar-refractivity contribution >= 4 is 11.5 Å². The number of piperidine rings is 1. The van der Waals surface area contributed by atoms with Crippen molar-refractivity contribution in [2.75, 3.05) is 18.4 Å². The molecular formula is C20H23N3. The highest BCUT2D eigenvalue weighted by Gasteiger charge is 2.40. The molecule has 0 atom stereocenters. The van der Waals surface area contributed by atoms with E-state index in [0.29, 0.717) is 0 Å². The Balaban J connectivity index is 1.67. The van der Waals surface area contributed by atoms with E-state index < -0.39 is 0 Å². The maximum absolute atomic E-state index is 5.01. The molecule has 0 saturated carbocycles. The molecule has 1 fully saturated rings. The molecule has 2 aromatic rings. The molecule has 0 aliphatic carbocycles. The highest BCUT2D eigenvalue weighted by atomic mass is 15.0. The minimum atomic E-state index is 0.175. The van der Waals surface area contributed by atoms with Crippen LogP contribution in [0.1, 0.15) is 24.0 Å². The fraction of sp³-hybridized carbons (Fsp3) is 0.350. The Bertz CT molecular complexity index is 700. The highest BCUT2D eigenvalue weighted by molar-refractivity contribution is 6.02. The lowest BCUT2D eigenvalue weighted by atomic mass is 9.71. The van der Waals surface area contributed by atoms with E-state index in [1.807, 2.05) is 0 Å². The molecule has 2 aliphatic heterocycles. The normalized spacial score (nSPS) is 21.0. The second-order valence-corrected chi connectivity index (χ2v) is 6.64. The van der Waals surface area contributed by atoms with Gasteiger partial charge in [0.25, 0.3) is 0 Å². The molecular weight excluding hydrogens is 282 g/mol. The average molecular weight is 305 g/mol. The summed E-state index contributed by atoms with van der Waals surface area (Å²) in [5.41, 5.74) is 4.09. The van der Waals surface area contributed by atoms with Crippen LogP contribution in [0.25, 0.3) is 0 Å². The number of para-hydroxylation sites is 1. The van der Waals surface area contributed by atoms with Crippen LogP contribution in [0.4, 0.5) is 5.69 Å². The summed E-state index contributed by atoms with van der Waals surface area (Å²) in [6, 6.07) is 19.2. The van der Waals surface area contributed by atoms with Gasteiger partial charge in [0, 0.05) is 11.1 Å². The zero-order valence-corrected chi connectivity index (χ0v) is 13.4. The van der Waals surface area contributed by atoms with Crippen molar-refractivity contribution in [1.29, 1.82) is 0 Å². The first-order valence-electron chi connectivity index (χ1n) is 8.50. The quantitative estimate of drug-likeness (QED) is 0.889. The predicted molar refractivity (Wildman–Crippen MR) is 95.9 cm³/mol. The van der Waals surface area contributed by atoms with Gasteiger partial charge in [0.2, 0.25) is 0 Å². The summed E-state index contributed by atoms with van der Waals surface area (Å²) >= 11 is 0. The number of hydrogen-bond donors (Lipinski definition) is 2. The summed E-state index contributed by atoms with van der Waals surface area (Å²) < 4.78 is 0. The number of rotatable bonds is 2. The fourth-order valence-corrected chi connectivity index (χ4v) is 3.78. The Labute approximate surface area is 137 Å². The molecule has 0 aromatic heterocycles. The van der Waals surface area contributed by atoms with Gasteiger partial charge in [0.1, 0.15) is 5.84 Å². The van der Waals surface area contributed by atoms with Gasteiger partial charge in [-0.25, -0.2) is 0 Å². The standard InChI is InChI=1S/C20H23N3/c1-2-6-16(7-3-1)15-22-19-20(10-12-21-13-11-20)14-17-8-4-5-9-18(17)23-19/h1-9,21H,10-15H2,(H,22,23). The van der Waals surface area contributed by atoms with Crippen molar-refractivity contribution in [3.63, 3.8) is 0 Å². The zero-order valence-electron chi connectivity index (χ0n) is 13.4. The number of nitrogens with one attached hydrogen (secondary N) is 2. The lowest BCUT2D eigenvalue weighted by Crippen LogP contribution is -2.48. The van der Waals surface area contributed by atoms with Gasteiger partial charge < -0.3 is 10.6 Å². The lowest BCUT2D eigenvalue weighted by molar-refractivity contribution is 0.293. The molecule has 0 radical (unpaired) electrons. The van der Waals surface area contributed by atoms with E-state index in [1.54, 1.807) is 0 Å². The first-order valence-corrected chi connectivity index (χ1v) is 8.50. The molecule has 118 valence electrons.